The van der Waals surface area contributed by atoms with E-state index in [2.05, 4.69) is 17.0 Å². The molecule has 3 aromatic rings. The van der Waals surface area contributed by atoms with Gasteiger partial charge in [0.1, 0.15) is 11.2 Å². The maximum atomic E-state index is 13.2. The summed E-state index contributed by atoms with van der Waals surface area (Å²) in [5, 5.41) is 4.60. The van der Waals surface area contributed by atoms with Gasteiger partial charge in [0.2, 0.25) is 5.91 Å². The fourth-order valence-electron chi connectivity index (χ4n) is 3.99. The molecule has 2 aromatic heterocycles. The maximum Gasteiger partial charge on any atom is 0.264 e. The van der Waals surface area contributed by atoms with E-state index in [4.69, 9.17) is 0 Å². The molecule has 7 nitrogen and oxygen atoms in total. The van der Waals surface area contributed by atoms with Gasteiger partial charge in [-0.05, 0) is 49.9 Å². The molecule has 1 fully saturated rings. The van der Waals surface area contributed by atoms with Crippen molar-refractivity contribution in [2.45, 2.75) is 51.6 Å². The van der Waals surface area contributed by atoms with Crippen LogP contribution in [0.3, 0.4) is 0 Å². The third kappa shape index (κ3) is 3.79. The van der Waals surface area contributed by atoms with Crippen molar-refractivity contribution in [3.8, 4) is 5.69 Å². The van der Waals surface area contributed by atoms with Gasteiger partial charge in [-0.25, -0.2) is 14.1 Å². The summed E-state index contributed by atoms with van der Waals surface area (Å²) >= 11 is 0. The molecule has 0 spiro atoms. The van der Waals surface area contributed by atoms with Gasteiger partial charge in [0, 0.05) is 25.6 Å². The Balaban J connectivity index is 1.53. The number of carbonyl (C=O) groups excluding carboxylic acids is 1. The van der Waals surface area contributed by atoms with Crippen LogP contribution in [0.15, 0.2) is 41.6 Å². The highest BCUT2D eigenvalue weighted by Gasteiger charge is 2.25. The molecule has 1 saturated heterocycles. The number of nitrogens with zero attached hydrogens (tertiary/aromatic N) is 5. The molecule has 0 N–H and O–H groups in total. The topological polar surface area (TPSA) is 73.0 Å². The molecule has 29 heavy (non-hydrogen) atoms. The van der Waals surface area contributed by atoms with Gasteiger partial charge in [0.15, 0.2) is 5.65 Å². The van der Waals surface area contributed by atoms with Crippen molar-refractivity contribution in [3.05, 3.63) is 53.0 Å². The van der Waals surface area contributed by atoms with Crippen molar-refractivity contribution < 1.29 is 9.18 Å². The van der Waals surface area contributed by atoms with E-state index in [1.165, 1.54) is 40.3 Å². The average Bonchev–Trinajstić information content (AvgIpc) is 3.18. The lowest BCUT2D eigenvalue weighted by Crippen LogP contribution is -2.43. The standard InChI is InChI=1S/C21H24FN5O2/c1-2-16-5-3-4-11-26(16)19(28)10-12-25-14-23-20-18(21(25)29)13-24-27(20)17-8-6-15(22)7-9-17/h6-9,13-14,16H,2-5,10-12H2,1H3. The maximum absolute atomic E-state index is 13.2. The van der Waals surface area contributed by atoms with Gasteiger partial charge in [-0.3, -0.25) is 14.2 Å². The van der Waals surface area contributed by atoms with Crippen molar-refractivity contribution >= 4 is 16.9 Å². The number of likely N-dealkylation sites (tertiary alicyclic amines) is 1. The smallest absolute Gasteiger partial charge is 0.264 e. The number of hydrogen-bond donors (Lipinski definition) is 0. The minimum Gasteiger partial charge on any atom is -0.340 e. The number of halogens is 1. The lowest BCUT2D eigenvalue weighted by Gasteiger charge is -2.35. The Labute approximate surface area is 167 Å². The predicted octanol–water partition coefficient (Wildman–Crippen LogP) is 2.90. The first kappa shape index (κ1) is 19.3. The van der Waals surface area contributed by atoms with Crippen molar-refractivity contribution in [2.75, 3.05) is 6.54 Å². The molecule has 0 saturated carbocycles. The highest BCUT2D eigenvalue weighted by molar-refractivity contribution is 5.77. The molecule has 1 amide bonds. The number of fused-ring (bicyclic) bond motifs is 1. The van der Waals surface area contributed by atoms with Crippen LogP contribution < -0.4 is 5.56 Å². The number of rotatable bonds is 5. The molecular formula is C21H24FN5O2. The van der Waals surface area contributed by atoms with E-state index in [1.807, 2.05) is 4.90 Å². The van der Waals surface area contributed by atoms with E-state index in [1.54, 1.807) is 12.1 Å². The summed E-state index contributed by atoms with van der Waals surface area (Å²) in [5.74, 6) is -0.255. The summed E-state index contributed by atoms with van der Waals surface area (Å²) in [4.78, 5) is 31.8. The van der Waals surface area contributed by atoms with Gasteiger partial charge in [-0.15, -0.1) is 0 Å². The van der Waals surface area contributed by atoms with E-state index in [9.17, 15) is 14.0 Å². The Morgan fingerprint density at radius 3 is 2.79 bits per heavy atom. The average molecular weight is 397 g/mol. The number of benzene rings is 1. The van der Waals surface area contributed by atoms with Crippen molar-refractivity contribution in [1.82, 2.24) is 24.2 Å². The van der Waals surface area contributed by atoms with Gasteiger partial charge in [-0.2, -0.15) is 5.10 Å². The minimum atomic E-state index is -0.343. The Bertz CT molecular complexity index is 1070. The summed E-state index contributed by atoms with van der Waals surface area (Å²) in [6, 6.07) is 6.13. The molecule has 1 unspecified atom stereocenters. The van der Waals surface area contributed by atoms with Crippen LogP contribution in [0.2, 0.25) is 0 Å². The van der Waals surface area contributed by atoms with Gasteiger partial charge in [0.25, 0.3) is 5.56 Å². The lowest BCUT2D eigenvalue weighted by molar-refractivity contribution is -0.135. The molecular weight excluding hydrogens is 373 g/mol. The van der Waals surface area contributed by atoms with Crippen LogP contribution in [0.4, 0.5) is 4.39 Å². The molecule has 0 radical (unpaired) electrons. The highest BCUT2D eigenvalue weighted by atomic mass is 19.1. The molecule has 1 atom stereocenters. The molecule has 0 bridgehead atoms. The van der Waals surface area contributed by atoms with E-state index in [0.29, 0.717) is 22.8 Å². The third-order valence-corrected chi connectivity index (χ3v) is 5.61. The second-order valence-corrected chi connectivity index (χ2v) is 7.41. The van der Waals surface area contributed by atoms with Crippen molar-refractivity contribution in [2.24, 2.45) is 0 Å². The fraction of sp³-hybridized carbons (Fsp3) is 0.429. The van der Waals surface area contributed by atoms with Crippen LogP contribution in [-0.2, 0) is 11.3 Å². The number of aryl methyl sites for hydroxylation is 1. The Morgan fingerprint density at radius 2 is 2.03 bits per heavy atom. The van der Waals surface area contributed by atoms with Crippen LogP contribution in [0, 0.1) is 5.82 Å². The van der Waals surface area contributed by atoms with E-state index in [-0.39, 0.29) is 30.2 Å². The van der Waals surface area contributed by atoms with E-state index >= 15 is 0 Å². The van der Waals surface area contributed by atoms with Crippen molar-refractivity contribution in [1.29, 1.82) is 0 Å². The van der Waals surface area contributed by atoms with Crippen LogP contribution in [0.25, 0.3) is 16.7 Å². The predicted molar refractivity (Wildman–Crippen MR) is 107 cm³/mol. The summed E-state index contributed by atoms with van der Waals surface area (Å²) in [6.45, 7) is 3.20. The first-order valence-corrected chi connectivity index (χ1v) is 10.1. The molecule has 8 heteroatoms. The second kappa shape index (κ2) is 8.14. The first-order chi connectivity index (χ1) is 14.1. The molecule has 1 aliphatic heterocycles. The molecule has 152 valence electrons. The molecule has 1 aliphatic rings. The number of amides is 1. The van der Waals surface area contributed by atoms with Gasteiger partial charge in [0.05, 0.1) is 18.2 Å². The summed E-state index contributed by atoms with van der Waals surface area (Å²) < 4.78 is 16.1. The van der Waals surface area contributed by atoms with Crippen LogP contribution in [0.1, 0.15) is 39.0 Å². The summed E-state index contributed by atoms with van der Waals surface area (Å²) in [6.07, 6.45) is 7.41. The van der Waals surface area contributed by atoms with E-state index in [0.717, 1.165) is 25.8 Å². The summed E-state index contributed by atoms with van der Waals surface area (Å²) in [5.41, 5.74) is 0.796. The van der Waals surface area contributed by atoms with Gasteiger partial charge in [-0.1, -0.05) is 6.92 Å². The Morgan fingerprint density at radius 1 is 1.24 bits per heavy atom. The van der Waals surface area contributed by atoms with Gasteiger partial charge < -0.3 is 4.90 Å². The summed E-state index contributed by atoms with van der Waals surface area (Å²) in [7, 11) is 0. The fourth-order valence-corrected chi connectivity index (χ4v) is 3.99. The number of carbonyl (C=O) groups is 1. The van der Waals surface area contributed by atoms with Crippen LogP contribution in [-0.4, -0.2) is 42.7 Å². The zero-order valence-electron chi connectivity index (χ0n) is 16.4. The minimum absolute atomic E-state index is 0.0885. The zero-order chi connectivity index (χ0) is 20.4. The highest BCUT2D eigenvalue weighted by Crippen LogP contribution is 2.20. The number of hydrogen-bond acceptors (Lipinski definition) is 4. The first-order valence-electron chi connectivity index (χ1n) is 10.1. The lowest BCUT2D eigenvalue weighted by atomic mass is 9.99. The molecule has 1 aromatic carbocycles. The molecule has 3 heterocycles. The second-order valence-electron chi connectivity index (χ2n) is 7.41. The molecule has 0 aliphatic carbocycles. The van der Waals surface area contributed by atoms with Crippen LogP contribution in [0.5, 0.6) is 0 Å². The van der Waals surface area contributed by atoms with Gasteiger partial charge >= 0.3 is 0 Å². The van der Waals surface area contributed by atoms with Crippen molar-refractivity contribution in [3.63, 3.8) is 0 Å². The monoisotopic (exact) mass is 397 g/mol. The third-order valence-electron chi connectivity index (χ3n) is 5.61. The SMILES string of the molecule is CCC1CCCCN1C(=O)CCn1cnc2c(cnn2-c2ccc(F)cc2)c1=O. The largest absolute Gasteiger partial charge is 0.340 e. The molecule has 4 rings (SSSR count). The quantitative estimate of drug-likeness (QED) is 0.664. The number of piperidine rings is 1. The number of aromatic nitrogens is 4. The van der Waals surface area contributed by atoms with Crippen LogP contribution >= 0.6 is 0 Å². The normalized spacial score (nSPS) is 17.0. The van der Waals surface area contributed by atoms with E-state index < -0.39 is 0 Å². The Kier molecular flexibility index (Phi) is 5.42. The Hall–Kier alpha value is -3.03. The zero-order valence-corrected chi connectivity index (χ0v) is 16.4.